The van der Waals surface area contributed by atoms with Crippen molar-refractivity contribution in [2.45, 2.75) is 70.5 Å². The van der Waals surface area contributed by atoms with Crippen LogP contribution in [0.2, 0.25) is 0 Å². The van der Waals surface area contributed by atoms with Crippen LogP contribution in [-0.2, 0) is 19.1 Å². The molecule has 0 bridgehead atoms. The lowest BCUT2D eigenvalue weighted by Gasteiger charge is -2.63. The van der Waals surface area contributed by atoms with E-state index < -0.39 is 76.3 Å². The van der Waals surface area contributed by atoms with Crippen LogP contribution in [0, 0.1) is 28.6 Å². The molecule has 0 radical (unpaired) electrons. The van der Waals surface area contributed by atoms with Gasteiger partial charge in [0.1, 0.15) is 11.8 Å². The molecule has 2 N–H and O–H groups in total. The molecule has 0 aromatic heterocycles. The summed E-state index contributed by atoms with van der Waals surface area (Å²) in [6.07, 6.45) is 0.271. The maximum Gasteiger partial charge on any atom is 0.303 e. The molecule has 1 unspecified atom stereocenters. The van der Waals surface area contributed by atoms with Crippen LogP contribution in [0.1, 0.15) is 47.0 Å². The summed E-state index contributed by atoms with van der Waals surface area (Å²) in [5.41, 5.74) is -6.97. The van der Waals surface area contributed by atoms with Crippen LogP contribution in [0.4, 0.5) is 8.78 Å². The van der Waals surface area contributed by atoms with Gasteiger partial charge in [-0.2, -0.15) is 0 Å². The predicted molar refractivity (Wildman–Crippen MR) is 110 cm³/mol. The number of alkyl halides is 2. The van der Waals surface area contributed by atoms with Gasteiger partial charge in [-0.1, -0.05) is 19.9 Å². The maximum atomic E-state index is 17.0. The van der Waals surface area contributed by atoms with Gasteiger partial charge in [-0.15, -0.1) is 0 Å². The van der Waals surface area contributed by atoms with E-state index in [-0.39, 0.29) is 24.8 Å². The molecule has 6 nitrogen and oxygen atoms in total. The van der Waals surface area contributed by atoms with Crippen LogP contribution in [0.5, 0.6) is 0 Å². The minimum absolute atomic E-state index is 0.0265. The van der Waals surface area contributed by atoms with Gasteiger partial charge < -0.3 is 14.9 Å². The summed E-state index contributed by atoms with van der Waals surface area (Å²) >= 11 is 0. The van der Waals surface area contributed by atoms with E-state index >= 15 is 8.78 Å². The number of hydrogen-bond acceptors (Lipinski definition) is 6. The van der Waals surface area contributed by atoms with Crippen LogP contribution in [0.15, 0.2) is 23.8 Å². The molecule has 0 aromatic rings. The number of ketones is 2. The van der Waals surface area contributed by atoms with Gasteiger partial charge in [0.15, 0.2) is 18.1 Å². The smallest absolute Gasteiger partial charge is 0.303 e. The third kappa shape index (κ3) is 2.65. The molecule has 32 heavy (non-hydrogen) atoms. The third-order valence-electron chi connectivity index (χ3n) is 9.04. The Hall–Kier alpha value is -1.93. The maximum absolute atomic E-state index is 17.0. The normalized spacial score (nSPS) is 49.6. The third-order valence-corrected chi connectivity index (χ3v) is 9.04. The standard InChI is InChI=1S/C24H30F2O6/c1-12-7-15-16-9-18(25)17-8-14(28)5-6-21(17,3)23(16,26)19(29)10-22(15,4)24(12,31)20(30)11-32-13(2)27/h5-6,8,12,15-16,18-19,29,31H,7,9-11H2,1-4H3/t12-,15+,16?,18-,19+,21+,22+,23+,24-/m0/s1. The number of fused-ring (bicyclic) bond motifs is 5. The van der Waals surface area contributed by atoms with Crippen LogP contribution >= 0.6 is 0 Å². The number of carbonyl (C=O) groups is 3. The summed E-state index contributed by atoms with van der Waals surface area (Å²) in [4.78, 5) is 36.1. The lowest BCUT2D eigenvalue weighted by molar-refractivity contribution is -0.224. The Kier molecular flexibility index (Phi) is 5.11. The van der Waals surface area contributed by atoms with Crippen molar-refractivity contribution in [1.82, 2.24) is 0 Å². The van der Waals surface area contributed by atoms with Crippen molar-refractivity contribution in [3.8, 4) is 0 Å². The fraction of sp³-hybridized carbons (Fsp3) is 0.708. The van der Waals surface area contributed by atoms with Crippen LogP contribution in [0.25, 0.3) is 0 Å². The van der Waals surface area contributed by atoms with E-state index in [1.165, 1.54) is 19.1 Å². The first-order chi connectivity index (χ1) is 14.7. The Balaban J connectivity index is 1.79. The molecule has 8 heteroatoms. The molecule has 4 aliphatic carbocycles. The van der Waals surface area contributed by atoms with Gasteiger partial charge in [-0.3, -0.25) is 14.4 Å². The summed E-state index contributed by atoms with van der Waals surface area (Å²) in [6.45, 7) is 5.34. The number of ether oxygens (including phenoxy) is 1. The molecule has 0 spiro atoms. The SMILES string of the molecule is CC(=O)OCC(=O)[C@@]1(O)[C@@H](C)C[C@@H]2C3C[C@H](F)C4=CC(=O)C=C[C@@]4(C)[C@]3(F)[C@H](O)C[C@]21C. The van der Waals surface area contributed by atoms with Gasteiger partial charge in [0, 0.05) is 23.7 Å². The molecule has 4 aliphatic rings. The zero-order chi connectivity index (χ0) is 23.9. The molecule has 3 fully saturated rings. The Labute approximate surface area is 185 Å². The van der Waals surface area contributed by atoms with E-state index in [0.717, 1.165) is 13.0 Å². The van der Waals surface area contributed by atoms with E-state index in [9.17, 15) is 24.6 Å². The van der Waals surface area contributed by atoms with Crippen LogP contribution in [-0.4, -0.2) is 57.9 Å². The molecule has 4 rings (SSSR count). The Morgan fingerprint density at radius 1 is 1.25 bits per heavy atom. The summed E-state index contributed by atoms with van der Waals surface area (Å²) in [7, 11) is 0. The van der Waals surface area contributed by atoms with Crippen molar-refractivity contribution in [2.75, 3.05) is 6.61 Å². The van der Waals surface area contributed by atoms with Crippen molar-refractivity contribution in [3.63, 3.8) is 0 Å². The number of allylic oxidation sites excluding steroid dienone is 4. The van der Waals surface area contributed by atoms with E-state index in [0.29, 0.717) is 0 Å². The molecular formula is C24H30F2O6. The zero-order valence-electron chi connectivity index (χ0n) is 18.7. The second kappa shape index (κ2) is 7.03. The van der Waals surface area contributed by atoms with Crippen molar-refractivity contribution >= 4 is 17.5 Å². The monoisotopic (exact) mass is 452 g/mol. The Morgan fingerprint density at radius 3 is 2.53 bits per heavy atom. The second-order valence-electron chi connectivity index (χ2n) is 10.5. The summed E-state index contributed by atoms with van der Waals surface area (Å²) in [5.74, 6) is -3.98. The molecule has 3 saturated carbocycles. The minimum Gasteiger partial charge on any atom is -0.458 e. The number of hydrogen-bond donors (Lipinski definition) is 2. The van der Waals surface area contributed by atoms with Crippen LogP contribution < -0.4 is 0 Å². The molecule has 0 saturated heterocycles. The highest BCUT2D eigenvalue weighted by molar-refractivity contribution is 6.01. The predicted octanol–water partition coefficient (Wildman–Crippen LogP) is 2.41. The minimum atomic E-state index is -2.27. The molecular weight excluding hydrogens is 422 g/mol. The van der Waals surface area contributed by atoms with Gasteiger partial charge in [0.05, 0.1) is 6.10 Å². The molecule has 0 aromatic carbocycles. The largest absolute Gasteiger partial charge is 0.458 e. The quantitative estimate of drug-likeness (QED) is 0.638. The first-order valence-corrected chi connectivity index (χ1v) is 11.1. The lowest BCUT2D eigenvalue weighted by atomic mass is 9.44. The van der Waals surface area contributed by atoms with E-state index in [1.807, 2.05) is 0 Å². The molecule has 0 heterocycles. The van der Waals surface area contributed by atoms with E-state index in [1.54, 1.807) is 13.8 Å². The fourth-order valence-electron chi connectivity index (χ4n) is 7.41. The molecule has 176 valence electrons. The summed E-state index contributed by atoms with van der Waals surface area (Å²) in [5, 5.41) is 22.8. The van der Waals surface area contributed by atoms with Gasteiger partial charge >= 0.3 is 5.97 Å². The topological polar surface area (TPSA) is 101 Å². The van der Waals surface area contributed by atoms with Gasteiger partial charge in [-0.25, -0.2) is 8.78 Å². The highest BCUT2D eigenvalue weighted by Gasteiger charge is 2.76. The second-order valence-corrected chi connectivity index (χ2v) is 10.5. The first kappa shape index (κ1) is 23.2. The first-order valence-electron chi connectivity index (χ1n) is 11.1. The Bertz CT molecular complexity index is 945. The molecule has 0 amide bonds. The van der Waals surface area contributed by atoms with Gasteiger partial charge in [-0.05, 0) is 55.7 Å². The zero-order valence-corrected chi connectivity index (χ0v) is 18.7. The van der Waals surface area contributed by atoms with Gasteiger partial charge in [0.25, 0.3) is 0 Å². The van der Waals surface area contributed by atoms with E-state index in [4.69, 9.17) is 4.74 Å². The number of carbonyl (C=O) groups excluding carboxylic acids is 3. The average molecular weight is 452 g/mol. The summed E-state index contributed by atoms with van der Waals surface area (Å²) in [6, 6.07) is 0. The number of halogens is 2. The number of Topliss-reactive ketones (excluding diaryl/α,β-unsaturated/α-hetero) is 1. The lowest BCUT2D eigenvalue weighted by Crippen LogP contribution is -2.70. The summed E-state index contributed by atoms with van der Waals surface area (Å²) < 4.78 is 37.2. The van der Waals surface area contributed by atoms with Crippen molar-refractivity contribution < 1.29 is 38.1 Å². The number of esters is 1. The highest BCUT2D eigenvalue weighted by Crippen LogP contribution is 2.70. The average Bonchev–Trinajstić information content (AvgIpc) is 2.91. The number of aliphatic hydroxyl groups is 2. The number of rotatable bonds is 3. The van der Waals surface area contributed by atoms with Crippen molar-refractivity contribution in [2.24, 2.45) is 28.6 Å². The van der Waals surface area contributed by atoms with Crippen molar-refractivity contribution in [3.05, 3.63) is 23.8 Å². The van der Waals surface area contributed by atoms with Crippen LogP contribution in [0.3, 0.4) is 0 Å². The number of aliphatic hydroxyl groups excluding tert-OH is 1. The van der Waals surface area contributed by atoms with E-state index in [2.05, 4.69) is 0 Å². The molecule has 0 aliphatic heterocycles. The Morgan fingerprint density at radius 2 is 1.91 bits per heavy atom. The van der Waals surface area contributed by atoms with Gasteiger partial charge in [0.2, 0.25) is 5.78 Å². The molecule has 9 atom stereocenters. The fourth-order valence-corrected chi connectivity index (χ4v) is 7.41. The highest BCUT2D eigenvalue weighted by atomic mass is 19.1. The van der Waals surface area contributed by atoms with Crippen molar-refractivity contribution in [1.29, 1.82) is 0 Å².